The first kappa shape index (κ1) is 9.73. The largest absolute Gasteiger partial charge is 0.323 e. The maximum absolute atomic E-state index is 5.82. The van der Waals surface area contributed by atoms with Crippen molar-refractivity contribution in [1.29, 1.82) is 0 Å². The normalized spacial score (nSPS) is 12.4. The smallest absolute Gasteiger partial charge is 0.112 e. The van der Waals surface area contributed by atoms with Gasteiger partial charge in [-0.2, -0.15) is 0 Å². The van der Waals surface area contributed by atoms with Crippen molar-refractivity contribution in [2.45, 2.75) is 13.0 Å². The Balaban J connectivity index is 2.53. The minimum atomic E-state index is -0.143. The number of nitrogens with zero attached hydrogens (tertiary/aromatic N) is 3. The number of aromatic nitrogens is 3. The SMILES string of the molecule is CC(N)c1nccnc1-c1ccccn1. The van der Waals surface area contributed by atoms with Crippen LogP contribution < -0.4 is 5.73 Å². The van der Waals surface area contributed by atoms with E-state index in [9.17, 15) is 0 Å². The Labute approximate surface area is 88.2 Å². The molecule has 2 aromatic rings. The number of hydrogen-bond acceptors (Lipinski definition) is 4. The fraction of sp³-hybridized carbons (Fsp3) is 0.182. The van der Waals surface area contributed by atoms with E-state index in [2.05, 4.69) is 15.0 Å². The van der Waals surface area contributed by atoms with Crippen LogP contribution in [0.5, 0.6) is 0 Å². The first-order valence-corrected chi connectivity index (χ1v) is 4.77. The number of pyridine rings is 1. The maximum Gasteiger partial charge on any atom is 0.112 e. The molecule has 0 spiro atoms. The van der Waals surface area contributed by atoms with Gasteiger partial charge in [0.25, 0.3) is 0 Å². The van der Waals surface area contributed by atoms with Crippen LogP contribution >= 0.6 is 0 Å². The molecular weight excluding hydrogens is 188 g/mol. The highest BCUT2D eigenvalue weighted by molar-refractivity contribution is 5.56. The Bertz CT molecular complexity index is 439. The summed E-state index contributed by atoms with van der Waals surface area (Å²) in [6, 6.07) is 5.54. The van der Waals surface area contributed by atoms with E-state index >= 15 is 0 Å². The Morgan fingerprint density at radius 2 is 1.87 bits per heavy atom. The van der Waals surface area contributed by atoms with Crippen LogP contribution in [-0.2, 0) is 0 Å². The first-order valence-electron chi connectivity index (χ1n) is 4.77. The molecule has 2 heterocycles. The highest BCUT2D eigenvalue weighted by Crippen LogP contribution is 2.20. The van der Waals surface area contributed by atoms with Gasteiger partial charge >= 0.3 is 0 Å². The van der Waals surface area contributed by atoms with Gasteiger partial charge in [0.1, 0.15) is 5.69 Å². The van der Waals surface area contributed by atoms with E-state index in [-0.39, 0.29) is 6.04 Å². The van der Waals surface area contributed by atoms with Crippen molar-refractivity contribution in [2.24, 2.45) is 5.73 Å². The van der Waals surface area contributed by atoms with Crippen molar-refractivity contribution in [3.8, 4) is 11.4 Å². The van der Waals surface area contributed by atoms with E-state index in [1.807, 2.05) is 25.1 Å². The second-order valence-corrected chi connectivity index (χ2v) is 3.29. The molecule has 76 valence electrons. The molecule has 2 rings (SSSR count). The Morgan fingerprint density at radius 1 is 1.07 bits per heavy atom. The van der Waals surface area contributed by atoms with Crippen molar-refractivity contribution in [2.75, 3.05) is 0 Å². The summed E-state index contributed by atoms with van der Waals surface area (Å²) in [6.07, 6.45) is 5.02. The van der Waals surface area contributed by atoms with Crippen LogP contribution in [-0.4, -0.2) is 15.0 Å². The van der Waals surface area contributed by atoms with Crippen LogP contribution in [0.2, 0.25) is 0 Å². The van der Waals surface area contributed by atoms with E-state index in [1.165, 1.54) is 0 Å². The summed E-state index contributed by atoms with van der Waals surface area (Å²) in [4.78, 5) is 12.7. The Kier molecular flexibility index (Phi) is 2.69. The van der Waals surface area contributed by atoms with Gasteiger partial charge in [-0.05, 0) is 19.1 Å². The fourth-order valence-corrected chi connectivity index (χ4v) is 1.38. The van der Waals surface area contributed by atoms with Gasteiger partial charge in [-0.1, -0.05) is 6.07 Å². The molecule has 0 amide bonds. The molecule has 1 atom stereocenters. The van der Waals surface area contributed by atoms with E-state index in [1.54, 1.807) is 18.6 Å². The summed E-state index contributed by atoms with van der Waals surface area (Å²) in [7, 11) is 0. The first-order chi connectivity index (χ1) is 7.29. The zero-order valence-electron chi connectivity index (χ0n) is 8.46. The molecule has 15 heavy (non-hydrogen) atoms. The third-order valence-electron chi connectivity index (χ3n) is 2.07. The van der Waals surface area contributed by atoms with Crippen LogP contribution in [0, 0.1) is 0 Å². The van der Waals surface area contributed by atoms with Crippen molar-refractivity contribution in [1.82, 2.24) is 15.0 Å². The lowest BCUT2D eigenvalue weighted by Crippen LogP contribution is -2.10. The van der Waals surface area contributed by atoms with Gasteiger partial charge in [0, 0.05) is 24.6 Å². The topological polar surface area (TPSA) is 64.7 Å². The van der Waals surface area contributed by atoms with Crippen LogP contribution in [0.4, 0.5) is 0 Å². The summed E-state index contributed by atoms with van der Waals surface area (Å²) in [5.74, 6) is 0. The lowest BCUT2D eigenvalue weighted by Gasteiger charge is -2.08. The predicted octanol–water partition coefficient (Wildman–Crippen LogP) is 1.56. The fourth-order valence-electron chi connectivity index (χ4n) is 1.38. The Morgan fingerprint density at radius 3 is 2.53 bits per heavy atom. The molecule has 2 N–H and O–H groups in total. The summed E-state index contributed by atoms with van der Waals surface area (Å²) in [5.41, 5.74) is 8.16. The molecule has 4 nitrogen and oxygen atoms in total. The van der Waals surface area contributed by atoms with Crippen molar-refractivity contribution >= 4 is 0 Å². The highest BCUT2D eigenvalue weighted by Gasteiger charge is 2.11. The summed E-state index contributed by atoms with van der Waals surface area (Å²) in [5, 5.41) is 0. The minimum absolute atomic E-state index is 0.143. The summed E-state index contributed by atoms with van der Waals surface area (Å²) in [6.45, 7) is 1.89. The zero-order chi connectivity index (χ0) is 10.7. The van der Waals surface area contributed by atoms with E-state index < -0.39 is 0 Å². The quantitative estimate of drug-likeness (QED) is 0.799. The van der Waals surface area contributed by atoms with Crippen LogP contribution in [0.3, 0.4) is 0 Å². The summed E-state index contributed by atoms with van der Waals surface area (Å²) >= 11 is 0. The van der Waals surface area contributed by atoms with Crippen LogP contribution in [0.1, 0.15) is 18.7 Å². The minimum Gasteiger partial charge on any atom is -0.323 e. The van der Waals surface area contributed by atoms with Gasteiger partial charge in [-0.25, -0.2) is 0 Å². The second kappa shape index (κ2) is 4.14. The molecule has 0 aliphatic carbocycles. The number of rotatable bonds is 2. The average Bonchev–Trinajstić information content (AvgIpc) is 2.30. The molecule has 0 aromatic carbocycles. The van der Waals surface area contributed by atoms with Crippen molar-refractivity contribution < 1.29 is 0 Å². The third kappa shape index (κ3) is 1.99. The van der Waals surface area contributed by atoms with Gasteiger partial charge in [0.15, 0.2) is 0 Å². The molecule has 0 fully saturated rings. The molecule has 0 saturated heterocycles. The predicted molar refractivity (Wildman–Crippen MR) is 57.9 cm³/mol. The highest BCUT2D eigenvalue weighted by atomic mass is 14.9. The summed E-state index contributed by atoms with van der Waals surface area (Å²) < 4.78 is 0. The zero-order valence-corrected chi connectivity index (χ0v) is 8.46. The maximum atomic E-state index is 5.82. The molecule has 0 aliphatic heterocycles. The van der Waals surface area contributed by atoms with Crippen LogP contribution in [0.15, 0.2) is 36.8 Å². The molecular formula is C11H12N4. The standard InChI is InChI=1S/C11H12N4/c1-8(12)10-11(15-7-6-14-10)9-4-2-3-5-13-9/h2-8H,12H2,1H3. The molecule has 4 heteroatoms. The molecule has 0 aliphatic rings. The van der Waals surface area contributed by atoms with Gasteiger partial charge in [-0.3, -0.25) is 15.0 Å². The van der Waals surface area contributed by atoms with Crippen LogP contribution in [0.25, 0.3) is 11.4 Å². The van der Waals surface area contributed by atoms with E-state index in [0.29, 0.717) is 0 Å². The van der Waals surface area contributed by atoms with E-state index in [4.69, 9.17) is 5.73 Å². The molecule has 0 bridgehead atoms. The van der Waals surface area contributed by atoms with E-state index in [0.717, 1.165) is 17.1 Å². The van der Waals surface area contributed by atoms with Crippen molar-refractivity contribution in [3.05, 3.63) is 42.5 Å². The number of hydrogen-bond donors (Lipinski definition) is 1. The lowest BCUT2D eigenvalue weighted by atomic mass is 10.1. The molecule has 2 aromatic heterocycles. The average molecular weight is 200 g/mol. The van der Waals surface area contributed by atoms with Gasteiger partial charge in [0.2, 0.25) is 0 Å². The molecule has 0 radical (unpaired) electrons. The van der Waals surface area contributed by atoms with Gasteiger partial charge in [-0.15, -0.1) is 0 Å². The third-order valence-corrected chi connectivity index (χ3v) is 2.07. The van der Waals surface area contributed by atoms with Crippen molar-refractivity contribution in [3.63, 3.8) is 0 Å². The Hall–Kier alpha value is -1.81. The van der Waals surface area contributed by atoms with Gasteiger partial charge in [0.05, 0.1) is 11.4 Å². The number of nitrogens with two attached hydrogens (primary N) is 1. The monoisotopic (exact) mass is 200 g/mol. The lowest BCUT2D eigenvalue weighted by molar-refractivity contribution is 0.775. The second-order valence-electron chi connectivity index (χ2n) is 3.29. The molecule has 1 unspecified atom stereocenters. The molecule has 0 saturated carbocycles. The van der Waals surface area contributed by atoms with Gasteiger partial charge < -0.3 is 5.73 Å².